The van der Waals surface area contributed by atoms with Crippen molar-refractivity contribution >= 4 is 13.5 Å². The second kappa shape index (κ2) is 6.15. The lowest BCUT2D eigenvalue weighted by Crippen LogP contribution is -2.05. The number of nitro benzene ring substituents is 1. The zero-order chi connectivity index (χ0) is 15.5. The van der Waals surface area contributed by atoms with Crippen LogP contribution in [0.3, 0.4) is 0 Å². The molecule has 0 fully saturated rings. The van der Waals surface area contributed by atoms with Gasteiger partial charge < -0.3 is 9.79 Å². The highest BCUT2D eigenvalue weighted by atomic mass is 31.2. The Bertz CT molecular complexity index is 667. The van der Waals surface area contributed by atoms with Crippen LogP contribution in [0.5, 0.6) is 0 Å². The standard InChI is InChI=1S/C13H12NO6P/c15-14(16)12-8-6-11(7-9-12)13(20-21(17,18)19)10-4-2-1-3-5-10/h1-9,13H,(H2,17,18,19). The average molecular weight is 309 g/mol. The molecule has 2 rings (SSSR count). The highest BCUT2D eigenvalue weighted by molar-refractivity contribution is 7.46. The molecule has 110 valence electrons. The summed E-state index contributed by atoms with van der Waals surface area (Å²) in [5, 5.41) is 10.6. The Morgan fingerprint density at radius 2 is 1.52 bits per heavy atom. The number of rotatable bonds is 5. The van der Waals surface area contributed by atoms with Crippen molar-refractivity contribution in [3.05, 3.63) is 75.8 Å². The maximum absolute atomic E-state index is 11.1. The molecule has 0 aliphatic carbocycles. The van der Waals surface area contributed by atoms with E-state index in [4.69, 9.17) is 14.3 Å². The molecule has 1 unspecified atom stereocenters. The largest absolute Gasteiger partial charge is 0.470 e. The molecule has 8 heteroatoms. The van der Waals surface area contributed by atoms with E-state index in [1.54, 1.807) is 30.3 Å². The maximum Gasteiger partial charge on any atom is 0.470 e. The van der Waals surface area contributed by atoms with Gasteiger partial charge in [0.25, 0.3) is 5.69 Å². The van der Waals surface area contributed by atoms with E-state index in [9.17, 15) is 14.7 Å². The van der Waals surface area contributed by atoms with Gasteiger partial charge in [0.1, 0.15) is 6.10 Å². The Morgan fingerprint density at radius 3 is 2.00 bits per heavy atom. The first kappa shape index (κ1) is 15.3. The quantitative estimate of drug-likeness (QED) is 0.499. The highest BCUT2D eigenvalue weighted by Gasteiger charge is 2.25. The van der Waals surface area contributed by atoms with E-state index in [1.807, 2.05) is 0 Å². The summed E-state index contributed by atoms with van der Waals surface area (Å²) < 4.78 is 15.9. The zero-order valence-electron chi connectivity index (χ0n) is 10.7. The van der Waals surface area contributed by atoms with Crippen LogP contribution in [0.4, 0.5) is 5.69 Å². The number of benzene rings is 2. The molecule has 0 amide bonds. The molecule has 0 bridgehead atoms. The van der Waals surface area contributed by atoms with Gasteiger partial charge in [-0.1, -0.05) is 30.3 Å². The van der Waals surface area contributed by atoms with Crippen molar-refractivity contribution in [1.82, 2.24) is 0 Å². The molecule has 0 spiro atoms. The Morgan fingerprint density at radius 1 is 1.00 bits per heavy atom. The van der Waals surface area contributed by atoms with Gasteiger partial charge in [-0.2, -0.15) is 0 Å². The van der Waals surface area contributed by atoms with Crippen LogP contribution in [0.2, 0.25) is 0 Å². The van der Waals surface area contributed by atoms with Gasteiger partial charge >= 0.3 is 7.82 Å². The summed E-state index contributed by atoms with van der Waals surface area (Å²) in [6, 6.07) is 13.8. The van der Waals surface area contributed by atoms with E-state index in [-0.39, 0.29) is 5.69 Å². The molecule has 0 heterocycles. The Hall–Kier alpha value is -2.05. The number of hydrogen-bond donors (Lipinski definition) is 2. The van der Waals surface area contributed by atoms with Gasteiger partial charge in [0, 0.05) is 12.1 Å². The van der Waals surface area contributed by atoms with Gasteiger partial charge in [0.15, 0.2) is 0 Å². The van der Waals surface area contributed by atoms with Crippen LogP contribution in [0.1, 0.15) is 17.2 Å². The minimum absolute atomic E-state index is 0.109. The lowest BCUT2D eigenvalue weighted by atomic mass is 10.0. The van der Waals surface area contributed by atoms with Crippen molar-refractivity contribution in [2.24, 2.45) is 0 Å². The predicted octanol–water partition coefficient (Wildman–Crippen LogP) is 2.79. The highest BCUT2D eigenvalue weighted by Crippen LogP contribution is 2.44. The number of phosphoric acid groups is 1. The lowest BCUT2D eigenvalue weighted by molar-refractivity contribution is -0.384. The van der Waals surface area contributed by atoms with Crippen LogP contribution in [0, 0.1) is 10.1 Å². The van der Waals surface area contributed by atoms with Crippen LogP contribution in [-0.2, 0) is 9.09 Å². The van der Waals surface area contributed by atoms with E-state index in [0.717, 1.165) is 0 Å². The second-order valence-corrected chi connectivity index (χ2v) is 5.43. The third-order valence-corrected chi connectivity index (χ3v) is 3.24. The van der Waals surface area contributed by atoms with E-state index in [1.165, 1.54) is 24.3 Å². The topological polar surface area (TPSA) is 110 Å². The molecule has 2 N–H and O–H groups in total. The van der Waals surface area contributed by atoms with Crippen LogP contribution in [0.25, 0.3) is 0 Å². The summed E-state index contributed by atoms with van der Waals surface area (Å²) in [6.45, 7) is 0. The van der Waals surface area contributed by atoms with Gasteiger partial charge in [-0.05, 0) is 23.3 Å². The average Bonchev–Trinajstić information content (AvgIpc) is 2.45. The molecule has 0 saturated carbocycles. The minimum atomic E-state index is -4.72. The molecule has 0 saturated heterocycles. The normalized spacial score (nSPS) is 12.9. The Balaban J connectivity index is 2.40. The third kappa shape index (κ3) is 4.21. The van der Waals surface area contributed by atoms with Gasteiger partial charge in [0.05, 0.1) is 4.92 Å². The number of nitro groups is 1. The van der Waals surface area contributed by atoms with E-state index in [2.05, 4.69) is 0 Å². The van der Waals surface area contributed by atoms with E-state index < -0.39 is 18.8 Å². The molecule has 0 radical (unpaired) electrons. The molecule has 7 nitrogen and oxygen atoms in total. The third-order valence-electron chi connectivity index (χ3n) is 2.75. The van der Waals surface area contributed by atoms with Crippen LogP contribution in [-0.4, -0.2) is 14.7 Å². The molecule has 0 aliphatic heterocycles. The van der Waals surface area contributed by atoms with Gasteiger partial charge in [0.2, 0.25) is 0 Å². The van der Waals surface area contributed by atoms with Crippen LogP contribution in [0.15, 0.2) is 54.6 Å². The number of phosphoric ester groups is 1. The van der Waals surface area contributed by atoms with Gasteiger partial charge in [-0.3, -0.25) is 14.6 Å². The molecule has 21 heavy (non-hydrogen) atoms. The fourth-order valence-corrected chi connectivity index (χ4v) is 2.37. The number of hydrogen-bond acceptors (Lipinski definition) is 4. The van der Waals surface area contributed by atoms with Crippen molar-refractivity contribution in [3.63, 3.8) is 0 Å². The summed E-state index contributed by atoms with van der Waals surface area (Å²) in [4.78, 5) is 28.1. The van der Waals surface area contributed by atoms with Gasteiger partial charge in [-0.25, -0.2) is 4.57 Å². The molecular weight excluding hydrogens is 297 g/mol. The van der Waals surface area contributed by atoms with Crippen molar-refractivity contribution in [2.75, 3.05) is 0 Å². The van der Waals surface area contributed by atoms with E-state index >= 15 is 0 Å². The van der Waals surface area contributed by atoms with E-state index in [0.29, 0.717) is 11.1 Å². The maximum atomic E-state index is 11.1. The SMILES string of the molecule is O=[N+]([O-])c1ccc(C(OP(=O)(O)O)c2ccccc2)cc1. The van der Waals surface area contributed by atoms with Crippen LogP contribution < -0.4 is 0 Å². The first-order chi connectivity index (χ1) is 9.87. The predicted molar refractivity (Wildman–Crippen MR) is 74.5 cm³/mol. The molecule has 0 aromatic heterocycles. The van der Waals surface area contributed by atoms with Crippen molar-refractivity contribution in [3.8, 4) is 0 Å². The summed E-state index contributed by atoms with van der Waals surface area (Å²) in [6.07, 6.45) is -1.01. The number of nitrogens with zero attached hydrogens (tertiary/aromatic N) is 1. The number of non-ortho nitro benzene ring substituents is 1. The molecule has 0 aliphatic rings. The first-order valence-corrected chi connectivity index (χ1v) is 7.43. The van der Waals surface area contributed by atoms with Crippen molar-refractivity contribution in [2.45, 2.75) is 6.10 Å². The smallest absolute Gasteiger partial charge is 0.303 e. The lowest BCUT2D eigenvalue weighted by Gasteiger charge is -2.19. The van der Waals surface area contributed by atoms with Gasteiger partial charge in [-0.15, -0.1) is 0 Å². The molecule has 2 aromatic rings. The summed E-state index contributed by atoms with van der Waals surface area (Å²) in [7, 11) is -4.72. The second-order valence-electron chi connectivity index (χ2n) is 4.24. The Labute approximate surface area is 120 Å². The first-order valence-electron chi connectivity index (χ1n) is 5.90. The summed E-state index contributed by atoms with van der Waals surface area (Å²) in [5.41, 5.74) is 0.839. The fraction of sp³-hybridized carbons (Fsp3) is 0.0769. The molecule has 2 aromatic carbocycles. The summed E-state index contributed by atoms with van der Waals surface area (Å²) >= 11 is 0. The zero-order valence-corrected chi connectivity index (χ0v) is 11.6. The van der Waals surface area contributed by atoms with Crippen molar-refractivity contribution < 1.29 is 23.8 Å². The van der Waals surface area contributed by atoms with Crippen LogP contribution >= 0.6 is 7.82 Å². The molecular formula is C13H12NO6P. The van der Waals surface area contributed by atoms with Crippen molar-refractivity contribution in [1.29, 1.82) is 0 Å². The Kier molecular flexibility index (Phi) is 4.50. The monoisotopic (exact) mass is 309 g/mol. The molecule has 1 atom stereocenters. The minimum Gasteiger partial charge on any atom is -0.303 e. The summed E-state index contributed by atoms with van der Waals surface area (Å²) in [5.74, 6) is 0. The fourth-order valence-electron chi connectivity index (χ4n) is 1.85.